The highest BCUT2D eigenvalue weighted by Crippen LogP contribution is 2.29. The molecular weight excluding hydrogens is 336 g/mol. The van der Waals surface area contributed by atoms with E-state index >= 15 is 0 Å². The average Bonchev–Trinajstić information content (AvgIpc) is 2.55. The minimum Gasteiger partial charge on any atom is -0.496 e. The fraction of sp³-hybridized carbons (Fsp3) is 0.0714. The Morgan fingerprint density at radius 3 is 2.46 bits per heavy atom. The molecule has 9 nitrogen and oxygen atoms in total. The minimum absolute atomic E-state index is 0.0590. The summed E-state index contributed by atoms with van der Waals surface area (Å²) in [5.74, 6) is 0.338. The third-order valence-electron chi connectivity index (χ3n) is 2.96. The number of hydrogen-bond donors (Lipinski definition) is 2. The lowest BCUT2D eigenvalue weighted by molar-refractivity contribution is -0.384. The Bertz CT molecular complexity index is 812. The fourth-order valence-electron chi connectivity index (χ4n) is 1.88. The van der Waals surface area contributed by atoms with Gasteiger partial charge in [0.25, 0.3) is 11.4 Å². The molecule has 0 aromatic heterocycles. The van der Waals surface area contributed by atoms with Crippen LogP contribution in [0.3, 0.4) is 0 Å². The van der Waals surface area contributed by atoms with E-state index in [1.54, 1.807) is 12.1 Å². The number of hydrogen-bond acceptors (Lipinski definition) is 6. The van der Waals surface area contributed by atoms with Gasteiger partial charge in [-0.05, 0) is 30.4 Å². The smallest absolute Gasteiger partial charge is 0.296 e. The van der Waals surface area contributed by atoms with E-state index in [0.29, 0.717) is 11.4 Å². The van der Waals surface area contributed by atoms with Gasteiger partial charge in [0.05, 0.1) is 23.0 Å². The minimum atomic E-state index is -0.569. The van der Waals surface area contributed by atoms with E-state index < -0.39 is 9.85 Å². The number of nitro benzene ring substituents is 2. The van der Waals surface area contributed by atoms with Crippen LogP contribution in [0.4, 0.5) is 22.7 Å². The molecule has 0 amide bonds. The first-order valence-corrected chi connectivity index (χ1v) is 6.96. The molecule has 0 saturated carbocycles. The van der Waals surface area contributed by atoms with Crippen molar-refractivity contribution in [3.8, 4) is 5.75 Å². The standard InChI is InChI=1S/C14H12N4O5S/c1-23-11-5-6-12(13(8-11)18(21)22)16-14(24)15-9-3-2-4-10(7-9)17(19)20/h2-8H,1H3,(H2,15,16,24). The summed E-state index contributed by atoms with van der Waals surface area (Å²) in [6.07, 6.45) is 0. The monoisotopic (exact) mass is 348 g/mol. The molecule has 2 rings (SSSR count). The molecule has 0 fully saturated rings. The average molecular weight is 348 g/mol. The molecule has 2 aromatic carbocycles. The summed E-state index contributed by atoms with van der Waals surface area (Å²) in [6.45, 7) is 0. The van der Waals surface area contributed by atoms with Crippen LogP contribution in [0, 0.1) is 20.2 Å². The second-order valence-corrected chi connectivity index (χ2v) is 4.93. The molecule has 0 saturated heterocycles. The van der Waals surface area contributed by atoms with Gasteiger partial charge in [-0.2, -0.15) is 0 Å². The fourth-order valence-corrected chi connectivity index (χ4v) is 2.10. The van der Waals surface area contributed by atoms with Gasteiger partial charge < -0.3 is 15.4 Å². The Kier molecular flexibility index (Phi) is 5.22. The molecule has 2 N–H and O–H groups in total. The Labute approximate surface area is 141 Å². The molecule has 0 unspecified atom stereocenters. The maximum absolute atomic E-state index is 11.1. The van der Waals surface area contributed by atoms with Gasteiger partial charge in [-0.1, -0.05) is 6.07 Å². The Morgan fingerprint density at radius 1 is 1.08 bits per heavy atom. The van der Waals surface area contributed by atoms with Crippen molar-refractivity contribution in [1.82, 2.24) is 0 Å². The lowest BCUT2D eigenvalue weighted by atomic mass is 10.2. The highest BCUT2D eigenvalue weighted by Gasteiger charge is 2.16. The van der Waals surface area contributed by atoms with Gasteiger partial charge in [0.2, 0.25) is 0 Å². The summed E-state index contributed by atoms with van der Waals surface area (Å²) in [5.41, 5.74) is 0.248. The molecule has 2 aromatic rings. The molecular formula is C14H12N4O5S. The van der Waals surface area contributed by atoms with Gasteiger partial charge in [-0.25, -0.2) is 0 Å². The third-order valence-corrected chi connectivity index (χ3v) is 3.17. The van der Waals surface area contributed by atoms with E-state index in [1.807, 2.05) is 0 Å². The van der Waals surface area contributed by atoms with E-state index in [-0.39, 0.29) is 22.2 Å². The molecule has 0 heterocycles. The van der Waals surface area contributed by atoms with Gasteiger partial charge >= 0.3 is 0 Å². The van der Waals surface area contributed by atoms with Gasteiger partial charge in [-0.15, -0.1) is 0 Å². The molecule has 10 heteroatoms. The number of nitro groups is 2. The Morgan fingerprint density at radius 2 is 1.83 bits per heavy atom. The predicted molar refractivity (Wildman–Crippen MR) is 92.6 cm³/mol. The van der Waals surface area contributed by atoms with Crippen molar-refractivity contribution >= 4 is 40.1 Å². The van der Waals surface area contributed by atoms with Crippen molar-refractivity contribution in [1.29, 1.82) is 0 Å². The summed E-state index contributed by atoms with van der Waals surface area (Å²) in [4.78, 5) is 20.8. The zero-order valence-electron chi connectivity index (χ0n) is 12.4. The van der Waals surface area contributed by atoms with E-state index in [0.717, 1.165) is 0 Å². The second-order valence-electron chi connectivity index (χ2n) is 4.53. The normalized spacial score (nSPS) is 9.88. The SMILES string of the molecule is COc1ccc(NC(=S)Nc2cccc([N+](=O)[O-])c2)c([N+](=O)[O-])c1. The third kappa shape index (κ3) is 4.14. The first-order valence-electron chi connectivity index (χ1n) is 6.55. The van der Waals surface area contributed by atoms with Crippen molar-refractivity contribution in [3.63, 3.8) is 0 Å². The summed E-state index contributed by atoms with van der Waals surface area (Å²) in [5, 5.41) is 27.4. The van der Waals surface area contributed by atoms with Gasteiger partial charge in [-0.3, -0.25) is 20.2 Å². The molecule has 0 spiro atoms. The molecule has 0 aliphatic rings. The van der Waals surface area contributed by atoms with Crippen molar-refractivity contribution < 1.29 is 14.6 Å². The van der Waals surface area contributed by atoms with Crippen LogP contribution in [0.5, 0.6) is 5.75 Å². The van der Waals surface area contributed by atoms with E-state index in [9.17, 15) is 20.2 Å². The summed E-state index contributed by atoms with van der Waals surface area (Å²) in [7, 11) is 1.40. The maximum atomic E-state index is 11.1. The molecule has 24 heavy (non-hydrogen) atoms. The topological polar surface area (TPSA) is 120 Å². The van der Waals surface area contributed by atoms with Crippen molar-refractivity contribution in [3.05, 3.63) is 62.7 Å². The number of nitrogens with one attached hydrogen (secondary N) is 2. The van der Waals surface area contributed by atoms with Gasteiger partial charge in [0, 0.05) is 17.8 Å². The number of methoxy groups -OCH3 is 1. The molecule has 0 aliphatic carbocycles. The van der Waals surface area contributed by atoms with Crippen LogP contribution in [-0.4, -0.2) is 22.1 Å². The van der Waals surface area contributed by atoms with Crippen LogP contribution in [0.2, 0.25) is 0 Å². The molecule has 124 valence electrons. The number of thiocarbonyl (C=S) groups is 1. The number of nitrogens with zero attached hydrogens (tertiary/aromatic N) is 2. The first kappa shape index (κ1) is 17.1. The number of rotatable bonds is 5. The van der Waals surface area contributed by atoms with Crippen LogP contribution >= 0.6 is 12.2 Å². The van der Waals surface area contributed by atoms with Crippen molar-refractivity contribution in [2.24, 2.45) is 0 Å². The van der Waals surface area contributed by atoms with Crippen LogP contribution in [0.15, 0.2) is 42.5 Å². The zero-order chi connectivity index (χ0) is 17.7. The molecule has 0 bridgehead atoms. The van der Waals surface area contributed by atoms with Crippen LogP contribution in [-0.2, 0) is 0 Å². The maximum Gasteiger partial charge on any atom is 0.296 e. The predicted octanol–water partition coefficient (Wildman–Crippen LogP) is 3.32. The molecule has 0 radical (unpaired) electrons. The summed E-state index contributed by atoms with van der Waals surface area (Å²) >= 11 is 5.09. The van der Waals surface area contributed by atoms with Crippen molar-refractivity contribution in [2.75, 3.05) is 17.7 Å². The second kappa shape index (κ2) is 7.33. The van der Waals surface area contributed by atoms with Crippen LogP contribution in [0.25, 0.3) is 0 Å². The zero-order valence-corrected chi connectivity index (χ0v) is 13.2. The number of anilines is 2. The first-order chi connectivity index (χ1) is 11.4. The summed E-state index contributed by atoms with van der Waals surface area (Å²) in [6, 6.07) is 10.00. The molecule has 0 aliphatic heterocycles. The largest absolute Gasteiger partial charge is 0.496 e. The van der Waals surface area contributed by atoms with E-state index in [4.69, 9.17) is 17.0 Å². The lowest BCUT2D eigenvalue weighted by Gasteiger charge is -2.11. The Hall–Kier alpha value is -3.27. The van der Waals surface area contributed by atoms with Gasteiger partial charge in [0.1, 0.15) is 11.4 Å². The lowest BCUT2D eigenvalue weighted by Crippen LogP contribution is -2.19. The summed E-state index contributed by atoms with van der Waals surface area (Å²) < 4.78 is 4.95. The Balaban J connectivity index is 2.17. The van der Waals surface area contributed by atoms with Crippen LogP contribution in [0.1, 0.15) is 0 Å². The number of ether oxygens (including phenoxy) is 1. The quantitative estimate of drug-likeness (QED) is 0.480. The van der Waals surface area contributed by atoms with Crippen molar-refractivity contribution in [2.45, 2.75) is 0 Å². The van der Waals surface area contributed by atoms with E-state index in [2.05, 4.69) is 10.6 Å². The number of non-ortho nitro benzene ring substituents is 1. The van der Waals surface area contributed by atoms with Crippen LogP contribution < -0.4 is 15.4 Å². The molecule has 0 atom stereocenters. The van der Waals surface area contributed by atoms with Gasteiger partial charge in [0.15, 0.2) is 5.11 Å². The number of benzene rings is 2. The van der Waals surface area contributed by atoms with E-state index in [1.165, 1.54) is 37.4 Å². The highest BCUT2D eigenvalue weighted by atomic mass is 32.1. The highest BCUT2D eigenvalue weighted by molar-refractivity contribution is 7.80.